The Hall–Kier alpha value is -3.00. The van der Waals surface area contributed by atoms with Crippen LogP contribution in [0.5, 0.6) is 0 Å². The zero-order chi connectivity index (χ0) is 23.4. The van der Waals surface area contributed by atoms with Gasteiger partial charge in [-0.3, -0.25) is 9.52 Å². The minimum absolute atomic E-state index is 0.0909. The minimum atomic E-state index is -3.30. The van der Waals surface area contributed by atoms with Crippen LogP contribution in [0.4, 0.5) is 11.4 Å². The fourth-order valence-electron chi connectivity index (χ4n) is 5.21. The number of nitrogens with one attached hydrogen (secondary N) is 1. The summed E-state index contributed by atoms with van der Waals surface area (Å²) in [6.45, 7) is 1.65. The molecule has 1 saturated heterocycles. The van der Waals surface area contributed by atoms with Gasteiger partial charge in [0.05, 0.1) is 22.1 Å². The van der Waals surface area contributed by atoms with E-state index in [1.54, 1.807) is 12.1 Å². The molecule has 2 saturated carbocycles. The fourth-order valence-corrected chi connectivity index (χ4v) is 6.60. The highest BCUT2D eigenvalue weighted by Crippen LogP contribution is 2.44. The number of fused-ring (bicyclic) bond motifs is 1. The first kappa shape index (κ1) is 21.5. The van der Waals surface area contributed by atoms with Crippen LogP contribution >= 0.6 is 0 Å². The van der Waals surface area contributed by atoms with Gasteiger partial charge in [0, 0.05) is 41.3 Å². The Morgan fingerprint density at radius 1 is 0.941 bits per heavy atom. The predicted octanol–water partition coefficient (Wildman–Crippen LogP) is 4.76. The van der Waals surface area contributed by atoms with Crippen LogP contribution in [-0.4, -0.2) is 42.1 Å². The number of nitrogen functional groups attached to an aromatic ring is 1. The normalized spacial score (nSPS) is 18.9. The lowest BCUT2D eigenvalue weighted by atomic mass is 9.92. The van der Waals surface area contributed by atoms with Crippen LogP contribution < -0.4 is 10.5 Å². The van der Waals surface area contributed by atoms with Gasteiger partial charge in [-0.15, -0.1) is 0 Å². The summed E-state index contributed by atoms with van der Waals surface area (Å²) in [5.74, 6) is 0.0909. The van der Waals surface area contributed by atoms with Gasteiger partial charge >= 0.3 is 0 Å². The van der Waals surface area contributed by atoms with Gasteiger partial charge < -0.3 is 15.2 Å². The van der Waals surface area contributed by atoms with Crippen LogP contribution in [0.25, 0.3) is 22.2 Å². The highest BCUT2D eigenvalue weighted by Gasteiger charge is 2.35. The molecule has 2 heterocycles. The largest absolute Gasteiger partial charge is 0.396 e. The van der Waals surface area contributed by atoms with E-state index < -0.39 is 10.0 Å². The summed E-state index contributed by atoms with van der Waals surface area (Å²) in [6.07, 6.45) is 6.94. The third-order valence-electron chi connectivity index (χ3n) is 7.51. The van der Waals surface area contributed by atoms with Crippen molar-refractivity contribution < 1.29 is 13.2 Å². The first-order chi connectivity index (χ1) is 16.4. The number of carbonyl (C=O) groups is 1. The van der Waals surface area contributed by atoms with Crippen molar-refractivity contribution in [3.63, 3.8) is 0 Å². The topological polar surface area (TPSA) is 97.4 Å². The Labute approximate surface area is 200 Å². The van der Waals surface area contributed by atoms with Gasteiger partial charge in [-0.2, -0.15) is 0 Å². The Morgan fingerprint density at radius 3 is 2.26 bits per heavy atom. The molecule has 34 heavy (non-hydrogen) atoms. The van der Waals surface area contributed by atoms with Crippen LogP contribution in [0.3, 0.4) is 0 Å². The van der Waals surface area contributed by atoms with E-state index in [1.807, 2.05) is 35.2 Å². The summed E-state index contributed by atoms with van der Waals surface area (Å²) in [5.41, 5.74) is 11.6. The summed E-state index contributed by atoms with van der Waals surface area (Å²) in [6, 6.07) is 13.7. The Kier molecular flexibility index (Phi) is 5.09. The zero-order valence-corrected chi connectivity index (χ0v) is 20.0. The number of hydrogen-bond acceptors (Lipinski definition) is 4. The highest BCUT2D eigenvalue weighted by atomic mass is 32.2. The van der Waals surface area contributed by atoms with E-state index >= 15 is 0 Å². The van der Waals surface area contributed by atoms with Crippen LogP contribution in [0.15, 0.2) is 42.5 Å². The number of aromatic nitrogens is 1. The monoisotopic (exact) mass is 478 g/mol. The smallest absolute Gasteiger partial charge is 0.253 e. The average molecular weight is 479 g/mol. The molecule has 1 aromatic heterocycles. The number of nitrogens with zero attached hydrogens (tertiary/aromatic N) is 2. The number of hydrogen-bond donors (Lipinski definition) is 2. The summed E-state index contributed by atoms with van der Waals surface area (Å²) < 4.78 is 29.6. The van der Waals surface area contributed by atoms with Crippen molar-refractivity contribution in [2.75, 3.05) is 23.5 Å². The number of likely N-dealkylation sites (tertiary alicyclic amines) is 1. The number of sulfonamides is 1. The Balaban J connectivity index is 1.40. The summed E-state index contributed by atoms with van der Waals surface area (Å²) in [7, 11) is -3.30. The second-order valence-corrected chi connectivity index (χ2v) is 11.8. The quantitative estimate of drug-likeness (QED) is 0.534. The molecule has 7 nitrogen and oxygen atoms in total. The standard InChI is InChI=1S/C26H30N4O3S/c27-24-22-13-8-18(26(31)29-14-1-2-15-29)16-23(22)30(20-4-3-5-20)25(24)17-6-9-19(10-7-17)28-34(32,33)21-11-12-21/h6-10,13,16,20-21,28H,1-5,11-12,14-15,27H2. The molecule has 8 heteroatoms. The molecule has 3 aromatic rings. The number of rotatable bonds is 6. The van der Waals surface area contributed by atoms with E-state index in [0.717, 1.165) is 73.8 Å². The van der Waals surface area contributed by atoms with E-state index in [9.17, 15) is 13.2 Å². The molecule has 0 bridgehead atoms. The molecular weight excluding hydrogens is 448 g/mol. The summed E-state index contributed by atoms with van der Waals surface area (Å²) >= 11 is 0. The van der Waals surface area contributed by atoms with Crippen LogP contribution in [0, 0.1) is 0 Å². The molecule has 0 unspecified atom stereocenters. The molecule has 0 radical (unpaired) electrons. The first-order valence-corrected chi connectivity index (χ1v) is 13.8. The molecule has 2 aliphatic carbocycles. The van der Waals surface area contributed by atoms with Crippen molar-refractivity contribution in [2.24, 2.45) is 0 Å². The van der Waals surface area contributed by atoms with Gasteiger partial charge in [-0.1, -0.05) is 12.1 Å². The van der Waals surface area contributed by atoms with E-state index in [4.69, 9.17) is 5.73 Å². The second-order valence-electron chi connectivity index (χ2n) is 9.87. The number of amides is 1. The van der Waals surface area contributed by atoms with E-state index in [1.165, 1.54) is 6.42 Å². The van der Waals surface area contributed by atoms with Crippen molar-refractivity contribution in [3.05, 3.63) is 48.0 Å². The summed E-state index contributed by atoms with van der Waals surface area (Å²) in [5, 5.41) is 0.694. The molecule has 3 aliphatic rings. The molecule has 2 aromatic carbocycles. The lowest BCUT2D eigenvalue weighted by Gasteiger charge is -2.30. The maximum atomic E-state index is 13.1. The number of benzene rings is 2. The number of nitrogens with two attached hydrogens (primary N) is 1. The third kappa shape index (κ3) is 3.64. The average Bonchev–Trinajstić information content (AvgIpc) is 3.46. The van der Waals surface area contributed by atoms with Gasteiger partial charge in [0.1, 0.15) is 0 Å². The minimum Gasteiger partial charge on any atom is -0.396 e. The maximum absolute atomic E-state index is 13.1. The predicted molar refractivity (Wildman–Crippen MR) is 135 cm³/mol. The third-order valence-corrected chi connectivity index (χ3v) is 9.37. The van der Waals surface area contributed by atoms with Crippen molar-refractivity contribution in [3.8, 4) is 11.3 Å². The van der Waals surface area contributed by atoms with E-state index in [-0.39, 0.29) is 11.2 Å². The van der Waals surface area contributed by atoms with Gasteiger partial charge in [-0.05, 0) is 75.3 Å². The molecule has 6 rings (SSSR count). The molecule has 0 spiro atoms. The highest BCUT2D eigenvalue weighted by molar-refractivity contribution is 7.93. The van der Waals surface area contributed by atoms with Crippen LogP contribution in [0.1, 0.15) is 61.3 Å². The lowest BCUT2D eigenvalue weighted by Crippen LogP contribution is -2.27. The molecular formula is C26H30N4O3S. The van der Waals surface area contributed by atoms with Gasteiger partial charge in [-0.25, -0.2) is 8.42 Å². The number of carbonyl (C=O) groups excluding carboxylic acids is 1. The SMILES string of the molecule is Nc1c(-c2ccc(NS(=O)(=O)C3CC3)cc2)n(C2CCC2)c2cc(C(=O)N3CCCC3)ccc12. The second kappa shape index (κ2) is 8.05. The lowest BCUT2D eigenvalue weighted by molar-refractivity contribution is 0.0793. The zero-order valence-electron chi connectivity index (χ0n) is 19.2. The van der Waals surface area contributed by atoms with Crippen molar-refractivity contribution in [1.29, 1.82) is 0 Å². The first-order valence-electron chi connectivity index (χ1n) is 12.3. The molecule has 1 aliphatic heterocycles. The van der Waals surface area contributed by atoms with E-state index in [2.05, 4.69) is 9.29 Å². The van der Waals surface area contributed by atoms with Gasteiger partial charge in [0.25, 0.3) is 5.91 Å². The van der Waals surface area contributed by atoms with E-state index in [0.29, 0.717) is 23.0 Å². The van der Waals surface area contributed by atoms with Gasteiger partial charge in [0.15, 0.2) is 0 Å². The van der Waals surface area contributed by atoms with Crippen molar-refractivity contribution in [1.82, 2.24) is 9.47 Å². The number of anilines is 2. The molecule has 3 fully saturated rings. The van der Waals surface area contributed by atoms with Crippen molar-refractivity contribution >= 4 is 38.2 Å². The molecule has 3 N–H and O–H groups in total. The van der Waals surface area contributed by atoms with Crippen LogP contribution in [0.2, 0.25) is 0 Å². The van der Waals surface area contributed by atoms with Crippen molar-refractivity contribution in [2.45, 2.75) is 56.2 Å². The van der Waals surface area contributed by atoms with Crippen LogP contribution in [-0.2, 0) is 10.0 Å². The molecule has 0 atom stereocenters. The summed E-state index contributed by atoms with van der Waals surface area (Å²) in [4.78, 5) is 15.0. The Bertz CT molecular complexity index is 1360. The molecule has 178 valence electrons. The van der Waals surface area contributed by atoms with Gasteiger partial charge in [0.2, 0.25) is 10.0 Å². The molecule has 1 amide bonds. The maximum Gasteiger partial charge on any atom is 0.253 e. The fraction of sp³-hybridized carbons (Fsp3) is 0.423. The Morgan fingerprint density at radius 2 is 1.65 bits per heavy atom.